The van der Waals surface area contributed by atoms with Crippen molar-refractivity contribution in [3.8, 4) is 0 Å². The zero-order valence-corrected chi connectivity index (χ0v) is 10.9. The first-order valence-corrected chi connectivity index (χ1v) is 6.68. The monoisotopic (exact) mass is 280 g/mol. The molecule has 2 aromatic rings. The Hall–Kier alpha value is -1.40. The highest BCUT2D eigenvalue weighted by Crippen LogP contribution is 2.38. The van der Waals surface area contributed by atoms with Gasteiger partial charge in [-0.25, -0.2) is 4.68 Å². The number of carbonyl (C=O) groups is 1. The van der Waals surface area contributed by atoms with E-state index in [0.29, 0.717) is 21.8 Å². The summed E-state index contributed by atoms with van der Waals surface area (Å²) in [5.74, 6) is 0. The molecule has 0 aliphatic heterocycles. The number of hydrogen-bond acceptors (Lipinski definition) is 5. The van der Waals surface area contributed by atoms with E-state index in [4.69, 9.17) is 11.6 Å². The van der Waals surface area contributed by atoms with Gasteiger partial charge in [-0.15, -0.1) is 5.10 Å². The molecule has 0 bridgehead atoms. The molecule has 0 saturated heterocycles. The molecule has 1 fully saturated rings. The number of halogens is 1. The van der Waals surface area contributed by atoms with Crippen molar-refractivity contribution in [2.24, 2.45) is 0 Å². The Morgan fingerprint density at radius 3 is 3.00 bits per heavy atom. The molecule has 0 N–H and O–H groups in total. The van der Waals surface area contributed by atoms with Crippen LogP contribution in [0.4, 0.5) is 0 Å². The lowest BCUT2D eigenvalue weighted by Gasteiger charge is -2.04. The standard InChI is InChI=1S/C11H9ClN4OS/c12-8-1-4-10(7(5-8)6-17)18-11-13-14-15-16(11)9-2-3-9/h1,4-6,9H,2-3H2. The third kappa shape index (κ3) is 2.26. The number of tetrazole rings is 1. The maximum absolute atomic E-state index is 11.0. The van der Waals surface area contributed by atoms with E-state index in [1.165, 1.54) is 11.8 Å². The number of hydrogen-bond donors (Lipinski definition) is 0. The molecular formula is C11H9ClN4OS. The summed E-state index contributed by atoms with van der Waals surface area (Å²) in [7, 11) is 0. The Kier molecular flexibility index (Phi) is 3.05. The molecule has 1 aromatic carbocycles. The van der Waals surface area contributed by atoms with Crippen molar-refractivity contribution in [2.45, 2.75) is 28.9 Å². The number of nitrogens with zero attached hydrogens (tertiary/aromatic N) is 4. The number of aldehydes is 1. The zero-order chi connectivity index (χ0) is 12.5. The number of aromatic nitrogens is 4. The van der Waals surface area contributed by atoms with Crippen molar-refractivity contribution < 1.29 is 4.79 Å². The minimum absolute atomic E-state index is 0.412. The Morgan fingerprint density at radius 2 is 2.28 bits per heavy atom. The molecule has 1 aliphatic rings. The van der Waals surface area contributed by atoms with Gasteiger partial charge >= 0.3 is 0 Å². The lowest BCUT2D eigenvalue weighted by molar-refractivity contribution is 0.112. The third-order valence-electron chi connectivity index (χ3n) is 2.66. The predicted octanol–water partition coefficient (Wildman–Crippen LogP) is 2.63. The van der Waals surface area contributed by atoms with Crippen LogP contribution in [0.5, 0.6) is 0 Å². The van der Waals surface area contributed by atoms with Gasteiger partial charge in [0.1, 0.15) is 0 Å². The van der Waals surface area contributed by atoms with Crippen molar-refractivity contribution in [3.63, 3.8) is 0 Å². The van der Waals surface area contributed by atoms with Crippen LogP contribution in [0.3, 0.4) is 0 Å². The molecule has 1 aliphatic carbocycles. The van der Waals surface area contributed by atoms with E-state index in [0.717, 1.165) is 24.0 Å². The van der Waals surface area contributed by atoms with Gasteiger partial charge in [-0.2, -0.15) is 0 Å². The third-order valence-corrected chi connectivity index (χ3v) is 3.93. The minimum atomic E-state index is 0.412. The maximum atomic E-state index is 11.0. The highest BCUT2D eigenvalue weighted by atomic mass is 35.5. The number of benzene rings is 1. The topological polar surface area (TPSA) is 60.7 Å². The van der Waals surface area contributed by atoms with Crippen molar-refractivity contribution in [2.75, 3.05) is 0 Å². The summed E-state index contributed by atoms with van der Waals surface area (Å²) >= 11 is 7.24. The highest BCUT2D eigenvalue weighted by Gasteiger charge is 2.28. The Morgan fingerprint density at radius 1 is 1.44 bits per heavy atom. The molecule has 0 radical (unpaired) electrons. The number of rotatable bonds is 4. The second kappa shape index (κ2) is 4.70. The molecule has 0 amide bonds. The van der Waals surface area contributed by atoms with E-state index in [1.807, 2.05) is 10.7 Å². The van der Waals surface area contributed by atoms with Gasteiger partial charge in [0.2, 0.25) is 5.16 Å². The molecule has 1 aromatic heterocycles. The highest BCUT2D eigenvalue weighted by molar-refractivity contribution is 7.99. The van der Waals surface area contributed by atoms with Crippen molar-refractivity contribution in [1.29, 1.82) is 0 Å². The van der Waals surface area contributed by atoms with E-state index in [-0.39, 0.29) is 0 Å². The molecule has 0 spiro atoms. The molecule has 1 saturated carbocycles. The first kappa shape index (κ1) is 11.7. The van der Waals surface area contributed by atoms with Crippen LogP contribution in [0, 0.1) is 0 Å². The summed E-state index contributed by atoms with van der Waals surface area (Å²) in [5, 5.41) is 12.9. The van der Waals surface area contributed by atoms with Crippen LogP contribution in [0.2, 0.25) is 5.02 Å². The molecule has 1 heterocycles. The van der Waals surface area contributed by atoms with Gasteiger partial charge in [0.25, 0.3) is 0 Å². The normalized spacial score (nSPS) is 14.7. The maximum Gasteiger partial charge on any atom is 0.214 e. The van der Waals surface area contributed by atoms with Crippen molar-refractivity contribution in [1.82, 2.24) is 20.2 Å². The van der Waals surface area contributed by atoms with Gasteiger partial charge in [-0.3, -0.25) is 4.79 Å². The molecule has 5 nitrogen and oxygen atoms in total. The molecule has 18 heavy (non-hydrogen) atoms. The smallest absolute Gasteiger partial charge is 0.214 e. The summed E-state index contributed by atoms with van der Waals surface area (Å²) in [5.41, 5.74) is 0.554. The van der Waals surface area contributed by atoms with Crippen LogP contribution >= 0.6 is 23.4 Å². The predicted molar refractivity (Wildman–Crippen MR) is 67.1 cm³/mol. The fourth-order valence-electron chi connectivity index (χ4n) is 1.60. The Labute approximate surface area is 113 Å². The summed E-state index contributed by atoms with van der Waals surface area (Å²) < 4.78 is 1.81. The lowest BCUT2D eigenvalue weighted by Crippen LogP contribution is -1.99. The zero-order valence-electron chi connectivity index (χ0n) is 9.28. The average molecular weight is 281 g/mol. The summed E-state index contributed by atoms with van der Waals surface area (Å²) in [4.78, 5) is 11.8. The Bertz CT molecular complexity index is 596. The van der Waals surface area contributed by atoms with Crippen LogP contribution in [-0.4, -0.2) is 26.5 Å². The van der Waals surface area contributed by atoms with E-state index in [2.05, 4.69) is 15.5 Å². The van der Waals surface area contributed by atoms with E-state index in [9.17, 15) is 4.79 Å². The van der Waals surface area contributed by atoms with Gasteiger partial charge in [-0.05, 0) is 53.2 Å². The molecule has 3 rings (SSSR count). The molecule has 92 valence electrons. The SMILES string of the molecule is O=Cc1cc(Cl)ccc1Sc1nnnn1C1CC1. The fraction of sp³-hybridized carbons (Fsp3) is 0.273. The van der Waals surface area contributed by atoms with Crippen LogP contribution in [-0.2, 0) is 0 Å². The molecule has 0 atom stereocenters. The largest absolute Gasteiger partial charge is 0.298 e. The van der Waals surface area contributed by atoms with E-state index < -0.39 is 0 Å². The summed E-state index contributed by atoms with van der Waals surface area (Å²) in [6.07, 6.45) is 3.01. The summed E-state index contributed by atoms with van der Waals surface area (Å²) in [6, 6.07) is 5.61. The van der Waals surface area contributed by atoms with Gasteiger partial charge in [0.15, 0.2) is 6.29 Å². The fourth-order valence-corrected chi connectivity index (χ4v) is 2.70. The van der Waals surface area contributed by atoms with Crippen LogP contribution in [0.1, 0.15) is 29.2 Å². The lowest BCUT2D eigenvalue weighted by atomic mass is 10.2. The Balaban J connectivity index is 1.91. The van der Waals surface area contributed by atoms with Gasteiger partial charge in [-0.1, -0.05) is 11.6 Å². The molecular weight excluding hydrogens is 272 g/mol. The number of carbonyl (C=O) groups excluding carboxylic acids is 1. The second-order valence-electron chi connectivity index (χ2n) is 4.04. The molecule has 7 heteroatoms. The van der Waals surface area contributed by atoms with Crippen LogP contribution < -0.4 is 0 Å². The summed E-state index contributed by atoms with van der Waals surface area (Å²) in [6.45, 7) is 0. The first-order chi connectivity index (χ1) is 8.78. The quantitative estimate of drug-likeness (QED) is 0.806. The van der Waals surface area contributed by atoms with Gasteiger partial charge < -0.3 is 0 Å². The van der Waals surface area contributed by atoms with Crippen LogP contribution in [0.15, 0.2) is 28.3 Å². The van der Waals surface area contributed by atoms with Crippen LogP contribution in [0.25, 0.3) is 0 Å². The molecule has 0 unspecified atom stereocenters. The first-order valence-electron chi connectivity index (χ1n) is 5.48. The van der Waals surface area contributed by atoms with E-state index in [1.54, 1.807) is 12.1 Å². The van der Waals surface area contributed by atoms with Gasteiger partial charge in [0, 0.05) is 15.5 Å². The minimum Gasteiger partial charge on any atom is -0.298 e. The second-order valence-corrected chi connectivity index (χ2v) is 5.48. The van der Waals surface area contributed by atoms with Crippen molar-refractivity contribution in [3.05, 3.63) is 28.8 Å². The van der Waals surface area contributed by atoms with E-state index >= 15 is 0 Å². The van der Waals surface area contributed by atoms with Crippen molar-refractivity contribution >= 4 is 29.6 Å². The average Bonchev–Trinajstić information content (AvgIpc) is 3.12. The van der Waals surface area contributed by atoms with Gasteiger partial charge in [0.05, 0.1) is 6.04 Å².